The Balaban J connectivity index is 1.49. The summed E-state index contributed by atoms with van der Waals surface area (Å²) in [5, 5.41) is 12.5. The molecule has 0 heterocycles. The number of amides is 1. The minimum Gasteiger partial charge on any atom is -0.481 e. The van der Waals surface area contributed by atoms with Crippen molar-refractivity contribution in [3.8, 4) is 11.1 Å². The number of nitrogens with one attached hydrogen (secondary N) is 1. The van der Waals surface area contributed by atoms with E-state index in [0.717, 1.165) is 27.8 Å². The molecule has 6 heteroatoms. The molecule has 0 unspecified atom stereocenters. The molecule has 0 spiro atoms. The molecule has 1 aliphatic carbocycles. The Kier molecular flexibility index (Phi) is 5.96. The Morgan fingerprint density at radius 3 is 2.23 bits per heavy atom. The van der Waals surface area contributed by atoms with Gasteiger partial charge < -0.3 is 15.2 Å². The number of aliphatic carboxylic acids is 1. The molecule has 4 rings (SSSR count). The first-order valence-electron chi connectivity index (χ1n) is 10.0. The lowest BCUT2D eigenvalue weighted by Gasteiger charge is -2.19. The fraction of sp³-hybridized carbons (Fsp3) is 0.200. The highest BCUT2D eigenvalue weighted by molar-refractivity contribution is 6.31. The molecular weight excluding hydrogens is 414 g/mol. The Labute approximate surface area is 185 Å². The number of hydrogen-bond acceptors (Lipinski definition) is 3. The second-order valence-corrected chi connectivity index (χ2v) is 8.04. The highest BCUT2D eigenvalue weighted by atomic mass is 35.5. The van der Waals surface area contributed by atoms with Crippen LogP contribution < -0.4 is 5.32 Å². The van der Waals surface area contributed by atoms with Crippen molar-refractivity contribution in [2.24, 2.45) is 0 Å². The average Bonchev–Trinajstić information content (AvgIpc) is 3.07. The Morgan fingerprint density at radius 1 is 1.03 bits per heavy atom. The van der Waals surface area contributed by atoms with E-state index in [1.165, 1.54) is 0 Å². The third kappa shape index (κ3) is 4.42. The van der Waals surface area contributed by atoms with Crippen LogP contribution in [0.25, 0.3) is 11.1 Å². The topological polar surface area (TPSA) is 75.6 Å². The molecule has 0 radical (unpaired) electrons. The number of rotatable bonds is 6. The molecule has 0 fully saturated rings. The first kappa shape index (κ1) is 20.9. The number of benzene rings is 3. The van der Waals surface area contributed by atoms with E-state index in [2.05, 4.69) is 17.4 Å². The number of carbonyl (C=O) groups excluding carboxylic acids is 1. The van der Waals surface area contributed by atoms with Crippen molar-refractivity contribution in [2.45, 2.75) is 25.3 Å². The van der Waals surface area contributed by atoms with Crippen LogP contribution in [0.5, 0.6) is 0 Å². The van der Waals surface area contributed by atoms with E-state index in [1.54, 1.807) is 18.2 Å². The van der Waals surface area contributed by atoms with Crippen molar-refractivity contribution in [3.63, 3.8) is 0 Å². The summed E-state index contributed by atoms with van der Waals surface area (Å²) in [5.41, 5.74) is 6.01. The number of ether oxygens (including phenoxy) is 1. The normalized spacial score (nSPS) is 13.2. The summed E-state index contributed by atoms with van der Waals surface area (Å²) in [6.07, 6.45) is -0.936. The molecule has 1 aliphatic rings. The zero-order valence-electron chi connectivity index (χ0n) is 17.0. The monoisotopic (exact) mass is 435 g/mol. The molecule has 31 heavy (non-hydrogen) atoms. The maximum atomic E-state index is 12.6. The van der Waals surface area contributed by atoms with Crippen molar-refractivity contribution in [3.05, 3.63) is 94.0 Å². The fourth-order valence-corrected chi connectivity index (χ4v) is 4.22. The van der Waals surface area contributed by atoms with Gasteiger partial charge in [0.2, 0.25) is 0 Å². The standard InChI is InChI=1S/C25H22ClNO4/c1-15-10-11-16(12-22(15)26)23(13-24(28)29)27-25(30)31-14-21-19-8-4-2-6-17(19)18-7-3-5-9-20(18)21/h2-12,21,23H,13-14H2,1H3,(H,27,30)(H,28,29)/t23-/m1/s1. The van der Waals surface area contributed by atoms with E-state index >= 15 is 0 Å². The summed E-state index contributed by atoms with van der Waals surface area (Å²) < 4.78 is 5.55. The highest BCUT2D eigenvalue weighted by Crippen LogP contribution is 2.44. The predicted octanol–water partition coefficient (Wildman–Crippen LogP) is 5.70. The maximum absolute atomic E-state index is 12.6. The summed E-state index contributed by atoms with van der Waals surface area (Å²) >= 11 is 6.18. The minimum absolute atomic E-state index is 0.0649. The molecule has 1 atom stereocenters. The molecule has 1 amide bonds. The molecular formula is C25H22ClNO4. The molecule has 2 N–H and O–H groups in total. The highest BCUT2D eigenvalue weighted by Gasteiger charge is 2.29. The quantitative estimate of drug-likeness (QED) is 0.520. The van der Waals surface area contributed by atoms with Crippen molar-refractivity contribution >= 4 is 23.7 Å². The van der Waals surface area contributed by atoms with Gasteiger partial charge in [0.25, 0.3) is 0 Å². The number of aryl methyl sites for hydroxylation is 1. The zero-order chi connectivity index (χ0) is 22.0. The largest absolute Gasteiger partial charge is 0.481 e. The third-order valence-corrected chi connectivity index (χ3v) is 6.02. The second kappa shape index (κ2) is 8.82. The summed E-state index contributed by atoms with van der Waals surface area (Å²) in [7, 11) is 0. The Morgan fingerprint density at radius 2 is 1.65 bits per heavy atom. The lowest BCUT2D eigenvalue weighted by atomic mass is 9.98. The molecule has 0 saturated heterocycles. The zero-order valence-corrected chi connectivity index (χ0v) is 17.7. The predicted molar refractivity (Wildman–Crippen MR) is 119 cm³/mol. The van der Waals surface area contributed by atoms with E-state index in [4.69, 9.17) is 16.3 Å². The first-order valence-corrected chi connectivity index (χ1v) is 10.4. The second-order valence-electron chi connectivity index (χ2n) is 7.63. The molecule has 0 saturated carbocycles. The number of carbonyl (C=O) groups is 2. The average molecular weight is 436 g/mol. The lowest BCUT2D eigenvalue weighted by molar-refractivity contribution is -0.137. The van der Waals surface area contributed by atoms with E-state index in [9.17, 15) is 14.7 Å². The van der Waals surface area contributed by atoms with E-state index < -0.39 is 18.1 Å². The van der Waals surface area contributed by atoms with Gasteiger partial charge in [0, 0.05) is 10.9 Å². The van der Waals surface area contributed by atoms with Crippen LogP contribution in [0.1, 0.15) is 40.6 Å². The lowest BCUT2D eigenvalue weighted by Crippen LogP contribution is -2.31. The Hall–Kier alpha value is -3.31. The molecule has 0 bridgehead atoms. The van der Waals surface area contributed by atoms with E-state index in [-0.39, 0.29) is 18.9 Å². The molecule has 3 aromatic rings. The van der Waals surface area contributed by atoms with Gasteiger partial charge in [-0.2, -0.15) is 0 Å². The number of carboxylic acids is 1. The van der Waals surface area contributed by atoms with Gasteiger partial charge in [-0.05, 0) is 46.4 Å². The van der Waals surface area contributed by atoms with Gasteiger partial charge in [0.05, 0.1) is 12.5 Å². The van der Waals surface area contributed by atoms with Crippen molar-refractivity contribution in [2.75, 3.05) is 6.61 Å². The summed E-state index contributed by atoms with van der Waals surface area (Å²) in [6.45, 7) is 2.02. The molecule has 5 nitrogen and oxygen atoms in total. The van der Waals surface area contributed by atoms with Crippen LogP contribution in [0.2, 0.25) is 5.02 Å². The number of fused-ring (bicyclic) bond motifs is 3. The van der Waals surface area contributed by atoms with Crippen LogP contribution in [0, 0.1) is 6.92 Å². The summed E-state index contributed by atoms with van der Waals surface area (Å²) in [4.78, 5) is 23.9. The Bertz CT molecular complexity index is 1100. The minimum atomic E-state index is -1.03. The van der Waals surface area contributed by atoms with Gasteiger partial charge >= 0.3 is 12.1 Å². The van der Waals surface area contributed by atoms with Gasteiger partial charge in [-0.3, -0.25) is 4.79 Å². The van der Waals surface area contributed by atoms with Crippen molar-refractivity contribution in [1.29, 1.82) is 0 Å². The van der Waals surface area contributed by atoms with Crippen molar-refractivity contribution < 1.29 is 19.4 Å². The van der Waals surface area contributed by atoms with E-state index in [0.29, 0.717) is 10.6 Å². The van der Waals surface area contributed by atoms with Crippen LogP contribution in [0.3, 0.4) is 0 Å². The number of hydrogen-bond donors (Lipinski definition) is 2. The van der Waals surface area contributed by atoms with Gasteiger partial charge in [-0.25, -0.2) is 4.79 Å². The van der Waals surface area contributed by atoms with E-state index in [1.807, 2.05) is 43.3 Å². The van der Waals surface area contributed by atoms with Crippen LogP contribution in [0.4, 0.5) is 4.79 Å². The van der Waals surface area contributed by atoms with Crippen LogP contribution in [-0.2, 0) is 9.53 Å². The molecule has 158 valence electrons. The maximum Gasteiger partial charge on any atom is 0.407 e. The summed E-state index contributed by atoms with van der Waals surface area (Å²) in [5.74, 6) is -1.09. The summed E-state index contributed by atoms with van der Waals surface area (Å²) in [6, 6.07) is 20.7. The SMILES string of the molecule is Cc1ccc([C@@H](CC(=O)O)NC(=O)OCC2c3ccccc3-c3ccccc32)cc1Cl. The van der Waals surface area contributed by atoms with Crippen LogP contribution in [-0.4, -0.2) is 23.8 Å². The third-order valence-electron chi connectivity index (χ3n) is 5.61. The fourth-order valence-electron chi connectivity index (χ4n) is 4.04. The van der Waals surface area contributed by atoms with Gasteiger partial charge in [0.1, 0.15) is 6.61 Å². The number of halogens is 1. The first-order chi connectivity index (χ1) is 14.9. The molecule has 0 aliphatic heterocycles. The van der Waals surface area contributed by atoms with Crippen LogP contribution >= 0.6 is 11.6 Å². The van der Waals surface area contributed by atoms with Gasteiger partial charge in [-0.1, -0.05) is 72.3 Å². The number of alkyl carbamates (subject to hydrolysis) is 1. The molecule has 3 aromatic carbocycles. The number of carboxylic acid groups (broad SMARTS) is 1. The van der Waals surface area contributed by atoms with Gasteiger partial charge in [0.15, 0.2) is 0 Å². The van der Waals surface area contributed by atoms with Crippen molar-refractivity contribution in [1.82, 2.24) is 5.32 Å². The molecule has 0 aromatic heterocycles. The van der Waals surface area contributed by atoms with Gasteiger partial charge in [-0.15, -0.1) is 0 Å². The van der Waals surface area contributed by atoms with Crippen LogP contribution in [0.15, 0.2) is 66.7 Å². The smallest absolute Gasteiger partial charge is 0.407 e.